The van der Waals surface area contributed by atoms with Crippen LogP contribution in [0, 0.1) is 0 Å². The molecule has 2 aromatic carbocycles. The molecular formula is C28H39N5O4S. The van der Waals surface area contributed by atoms with Gasteiger partial charge in [0.05, 0.1) is 28.7 Å². The van der Waals surface area contributed by atoms with E-state index in [1.807, 2.05) is 36.4 Å². The van der Waals surface area contributed by atoms with Crippen molar-refractivity contribution in [3.05, 3.63) is 54.1 Å². The van der Waals surface area contributed by atoms with Gasteiger partial charge in [0, 0.05) is 46.2 Å². The van der Waals surface area contributed by atoms with Crippen LogP contribution in [-0.4, -0.2) is 75.3 Å². The van der Waals surface area contributed by atoms with Gasteiger partial charge in [-0.1, -0.05) is 43.7 Å². The minimum absolute atomic E-state index is 0.0236. The second kappa shape index (κ2) is 12.7. The van der Waals surface area contributed by atoms with E-state index in [2.05, 4.69) is 27.4 Å². The molecule has 206 valence electrons. The van der Waals surface area contributed by atoms with Crippen LogP contribution in [0.5, 0.6) is 0 Å². The lowest BCUT2D eigenvalue weighted by molar-refractivity contribution is -0.120. The lowest BCUT2D eigenvalue weighted by Gasteiger charge is -2.36. The standard InChI is InChI=1S/C28H39N5O4S/c1-3-31-16-18-32(19-17-31)27-13-12-24(38(36,37)33-14-8-5-9-15-33)20-26(27)30-28(35)21-25(29-22(2)34)23-10-6-4-7-11-23/h4,6-7,10-13,20,25H,3,5,8-9,14-19,21H2,1-2H3,(H,29,34)(H,30,35)/t25-/m1/s1. The van der Waals surface area contributed by atoms with E-state index < -0.39 is 16.1 Å². The van der Waals surface area contributed by atoms with Gasteiger partial charge in [-0.2, -0.15) is 4.31 Å². The van der Waals surface area contributed by atoms with Crippen LogP contribution in [0.4, 0.5) is 11.4 Å². The van der Waals surface area contributed by atoms with E-state index in [4.69, 9.17) is 0 Å². The SMILES string of the molecule is CCN1CCN(c2ccc(S(=O)(=O)N3CCCCC3)cc2NC(=O)C[C@@H](NC(C)=O)c2ccccc2)CC1. The van der Waals surface area contributed by atoms with E-state index in [0.29, 0.717) is 18.8 Å². The predicted molar refractivity (Wildman–Crippen MR) is 150 cm³/mol. The number of piperazine rings is 1. The first-order valence-corrected chi connectivity index (χ1v) is 15.0. The molecule has 0 aromatic heterocycles. The van der Waals surface area contributed by atoms with Crippen LogP contribution in [0.3, 0.4) is 0 Å². The van der Waals surface area contributed by atoms with Crippen molar-refractivity contribution in [2.45, 2.75) is 50.5 Å². The van der Waals surface area contributed by atoms with Crippen LogP contribution in [-0.2, 0) is 19.6 Å². The van der Waals surface area contributed by atoms with Crippen molar-refractivity contribution in [3.63, 3.8) is 0 Å². The molecule has 2 fully saturated rings. The summed E-state index contributed by atoms with van der Waals surface area (Å²) in [7, 11) is -3.66. The summed E-state index contributed by atoms with van der Waals surface area (Å²) in [4.78, 5) is 29.9. The Labute approximate surface area is 226 Å². The van der Waals surface area contributed by atoms with Gasteiger partial charge in [-0.3, -0.25) is 9.59 Å². The van der Waals surface area contributed by atoms with Crippen molar-refractivity contribution in [2.75, 3.05) is 56.0 Å². The van der Waals surface area contributed by atoms with Crippen LogP contribution >= 0.6 is 0 Å². The van der Waals surface area contributed by atoms with Gasteiger partial charge in [-0.05, 0) is 43.1 Å². The zero-order valence-electron chi connectivity index (χ0n) is 22.4. The average molecular weight is 542 g/mol. The molecule has 4 rings (SSSR count). The highest BCUT2D eigenvalue weighted by Crippen LogP contribution is 2.32. The second-order valence-electron chi connectivity index (χ2n) is 9.98. The Bertz CT molecular complexity index is 1210. The molecule has 2 N–H and O–H groups in total. The van der Waals surface area contributed by atoms with Gasteiger partial charge in [-0.25, -0.2) is 8.42 Å². The average Bonchev–Trinajstić information content (AvgIpc) is 2.93. The molecule has 1 atom stereocenters. The third kappa shape index (κ3) is 6.92. The Balaban J connectivity index is 1.61. The van der Waals surface area contributed by atoms with Gasteiger partial charge in [0.1, 0.15) is 0 Å². The Morgan fingerprint density at radius 3 is 2.24 bits per heavy atom. The molecule has 2 heterocycles. The van der Waals surface area contributed by atoms with Gasteiger partial charge in [0.2, 0.25) is 21.8 Å². The maximum atomic E-state index is 13.4. The Morgan fingerprint density at radius 1 is 0.921 bits per heavy atom. The third-order valence-corrected chi connectivity index (χ3v) is 9.22. The number of nitrogens with one attached hydrogen (secondary N) is 2. The summed E-state index contributed by atoms with van der Waals surface area (Å²) in [6, 6.07) is 13.9. The molecule has 2 saturated heterocycles. The lowest BCUT2D eigenvalue weighted by Crippen LogP contribution is -2.46. The lowest BCUT2D eigenvalue weighted by atomic mass is 10.0. The number of nitrogens with zero attached hydrogens (tertiary/aromatic N) is 3. The topological polar surface area (TPSA) is 102 Å². The van der Waals surface area contributed by atoms with Gasteiger partial charge in [-0.15, -0.1) is 0 Å². The monoisotopic (exact) mass is 541 g/mol. The number of carbonyl (C=O) groups excluding carboxylic acids is 2. The van der Waals surface area contributed by atoms with E-state index in [9.17, 15) is 18.0 Å². The number of hydrogen-bond acceptors (Lipinski definition) is 6. The largest absolute Gasteiger partial charge is 0.367 e. The summed E-state index contributed by atoms with van der Waals surface area (Å²) in [5, 5.41) is 5.86. The molecule has 2 aliphatic rings. The number of rotatable bonds is 9. The van der Waals surface area contributed by atoms with Gasteiger partial charge in [0.25, 0.3) is 0 Å². The van der Waals surface area contributed by atoms with Crippen molar-refractivity contribution in [3.8, 4) is 0 Å². The molecule has 0 radical (unpaired) electrons. The summed E-state index contributed by atoms with van der Waals surface area (Å²) >= 11 is 0. The maximum Gasteiger partial charge on any atom is 0.243 e. The number of piperidine rings is 1. The van der Waals surface area contributed by atoms with Crippen molar-refractivity contribution in [1.82, 2.24) is 14.5 Å². The molecule has 2 aliphatic heterocycles. The van der Waals surface area contributed by atoms with Gasteiger partial charge in [0.15, 0.2) is 0 Å². The number of amides is 2. The summed E-state index contributed by atoms with van der Waals surface area (Å²) in [6.45, 7) is 8.94. The Kier molecular flexibility index (Phi) is 9.40. The highest BCUT2D eigenvalue weighted by molar-refractivity contribution is 7.89. The second-order valence-corrected chi connectivity index (χ2v) is 11.9. The number of anilines is 2. The molecule has 0 saturated carbocycles. The number of benzene rings is 2. The van der Waals surface area contributed by atoms with Crippen molar-refractivity contribution >= 4 is 33.2 Å². The van der Waals surface area contributed by atoms with Crippen LogP contribution in [0.25, 0.3) is 0 Å². The zero-order valence-corrected chi connectivity index (χ0v) is 23.2. The zero-order chi connectivity index (χ0) is 27.1. The number of carbonyl (C=O) groups is 2. The fourth-order valence-electron chi connectivity index (χ4n) is 5.18. The molecule has 38 heavy (non-hydrogen) atoms. The third-order valence-electron chi connectivity index (χ3n) is 7.32. The van der Waals surface area contributed by atoms with E-state index >= 15 is 0 Å². The van der Waals surface area contributed by atoms with Crippen molar-refractivity contribution in [1.29, 1.82) is 0 Å². The smallest absolute Gasteiger partial charge is 0.243 e. The molecule has 9 nitrogen and oxygen atoms in total. The molecule has 2 amide bonds. The number of sulfonamides is 1. The maximum absolute atomic E-state index is 13.4. The first kappa shape index (κ1) is 28.1. The highest BCUT2D eigenvalue weighted by Gasteiger charge is 2.28. The summed E-state index contributed by atoms with van der Waals surface area (Å²) < 4.78 is 28.4. The van der Waals surface area contributed by atoms with Crippen LogP contribution in [0.15, 0.2) is 53.4 Å². The Hall–Kier alpha value is -2.95. The minimum Gasteiger partial charge on any atom is -0.367 e. The van der Waals surface area contributed by atoms with Crippen LogP contribution < -0.4 is 15.5 Å². The van der Waals surface area contributed by atoms with E-state index in [0.717, 1.165) is 63.2 Å². The molecule has 0 unspecified atom stereocenters. The fourth-order valence-corrected chi connectivity index (χ4v) is 6.72. The first-order valence-electron chi connectivity index (χ1n) is 13.5. The summed E-state index contributed by atoms with van der Waals surface area (Å²) in [6.07, 6.45) is 2.77. The van der Waals surface area contributed by atoms with Crippen LogP contribution in [0.1, 0.15) is 51.1 Å². The molecule has 0 spiro atoms. The fraction of sp³-hybridized carbons (Fsp3) is 0.500. The Morgan fingerprint density at radius 2 is 1.61 bits per heavy atom. The first-order chi connectivity index (χ1) is 18.3. The summed E-state index contributed by atoms with van der Waals surface area (Å²) in [5.74, 6) is -0.524. The van der Waals surface area contributed by atoms with E-state index in [1.165, 1.54) is 6.92 Å². The van der Waals surface area contributed by atoms with Crippen LogP contribution in [0.2, 0.25) is 0 Å². The minimum atomic E-state index is -3.66. The van der Waals surface area contributed by atoms with Gasteiger partial charge >= 0.3 is 0 Å². The van der Waals surface area contributed by atoms with E-state index in [1.54, 1.807) is 16.4 Å². The molecule has 2 aromatic rings. The quantitative estimate of drug-likeness (QED) is 0.506. The number of likely N-dealkylation sites (N-methyl/N-ethyl adjacent to an activating group) is 1. The predicted octanol–water partition coefficient (Wildman–Crippen LogP) is 3.21. The molecule has 0 bridgehead atoms. The molecular weight excluding hydrogens is 502 g/mol. The van der Waals surface area contributed by atoms with Crippen molar-refractivity contribution < 1.29 is 18.0 Å². The highest BCUT2D eigenvalue weighted by atomic mass is 32.2. The van der Waals surface area contributed by atoms with E-state index in [-0.39, 0.29) is 23.1 Å². The molecule has 0 aliphatic carbocycles. The van der Waals surface area contributed by atoms with Gasteiger partial charge < -0.3 is 20.4 Å². The van der Waals surface area contributed by atoms with Crippen molar-refractivity contribution in [2.24, 2.45) is 0 Å². The normalized spacial score (nSPS) is 18.1. The molecule has 10 heteroatoms. The summed E-state index contributed by atoms with van der Waals surface area (Å²) in [5.41, 5.74) is 2.12. The number of hydrogen-bond donors (Lipinski definition) is 2.